The first-order chi connectivity index (χ1) is 43.9. The second-order valence-electron chi connectivity index (χ2n) is 25.1. The number of nitrogens with zero attached hydrogens (tertiary/aromatic N) is 16. The summed E-state index contributed by atoms with van der Waals surface area (Å²) in [5.41, 5.74) is -6.48. The molecule has 40 nitrogen and oxygen atoms in total. The molecule has 13 aliphatic heterocycles. The maximum Gasteiger partial charge on any atom is 2.00 e. The van der Waals surface area contributed by atoms with Gasteiger partial charge in [0, 0.05) is 22.3 Å². The summed E-state index contributed by atoms with van der Waals surface area (Å²) in [7, 11) is -19.2. The van der Waals surface area contributed by atoms with Gasteiger partial charge in [0.15, 0.2) is 47.3 Å². The Balaban J connectivity index is 0.00000417. The molecule has 2 aromatic carbocycles. The molecule has 0 aliphatic carbocycles. The molecule has 0 unspecified atom stereocenters. The van der Waals surface area contributed by atoms with Gasteiger partial charge >= 0.3 is 124 Å². The number of fused-ring (bicyclic) bond motifs is 2. The maximum atomic E-state index is 15.5. The van der Waals surface area contributed by atoms with E-state index < -0.39 is 252 Å². The molecule has 0 spiro atoms. The van der Waals surface area contributed by atoms with Crippen LogP contribution in [-0.2, 0) is 66.7 Å². The molecule has 0 N–H and O–H groups in total. The number of hydrogen-bond donors (Lipinski definition) is 0. The van der Waals surface area contributed by atoms with E-state index in [1.165, 1.54) is 103 Å². The number of rotatable bonds is 16. The van der Waals surface area contributed by atoms with E-state index >= 15 is 38.4 Å². The fraction of sp³-hybridized carbons (Fsp3) is 0.600. The summed E-state index contributed by atoms with van der Waals surface area (Å²) in [4.78, 5) is 144. The van der Waals surface area contributed by atoms with Crippen LogP contribution in [0.1, 0.15) is 49.9 Å². The first kappa shape index (κ1) is 68.5. The Morgan fingerprint density at radius 2 is 0.500 bits per heavy atom. The zero-order chi connectivity index (χ0) is 67.2. The Bertz CT molecular complexity index is 3820. The molecule has 11 fully saturated rings. The number of carbonyl (C=O) groups excluding carboxylic acids is 8. The first-order valence-electron chi connectivity index (χ1n) is 29.2. The van der Waals surface area contributed by atoms with Crippen LogP contribution in [0.5, 0.6) is 23.0 Å². The van der Waals surface area contributed by atoms with Gasteiger partial charge in [0.2, 0.25) is 0 Å². The minimum Gasteiger partial charge on any atom is -0.748 e. The molecule has 96 heavy (non-hydrogen) atoms. The normalized spacial score (nSPS) is 29.8. The average Bonchev–Trinajstić information content (AvgIpc) is 1.50. The van der Waals surface area contributed by atoms with Crippen molar-refractivity contribution in [2.45, 2.75) is 101 Å². The zero-order valence-electron chi connectivity index (χ0n) is 51.3. The van der Waals surface area contributed by atoms with E-state index in [-0.39, 0.29) is 121 Å². The summed E-state index contributed by atoms with van der Waals surface area (Å²) >= 11 is 0. The molecule has 13 aliphatic rings. The molecule has 0 saturated carbocycles. The van der Waals surface area contributed by atoms with Crippen LogP contribution in [0.25, 0.3) is 0 Å². The SMILES string of the molecule is CC12N3Cc4c(OCCS(=O)(=O)[O-])ccc(OCCS(=O)(=O)[O-])c4CN1C(=O)N1CN4C(=O)N5CN6C(=O)N7CN8C(=O)N9Cc%10c(OCCS(=O)(=O)[O-])ccc(OCCS(=O)(=O)[O-])c%10CN%10C(=O)N(CN%11C(=O)N(CN%12C(=O)N(CN(C3=O)C12C)C4C%125)C6C%117)C8(C)C%109C.[Ca+2].[Ca+2]. The summed E-state index contributed by atoms with van der Waals surface area (Å²) in [5.74, 6) is -4.05. The Morgan fingerprint density at radius 1 is 0.323 bits per heavy atom. The third kappa shape index (κ3) is 9.40. The standard InChI is InChI=1S/C50H60N16O24S4.2Ca/c1-47-49(3)63-23-55-37-35-51(39(55)67)21-53-36-38-57(41(53)69)25-65-45(73)61-19-29-30(34(90-12-16-94(84,85)86)8-7-33(29)89-11-15-93(81,82)83)20-62-46(74)66(50(65,4)48(61,62)2)26-58(38)42(70)54(36)22-52(35)40(68)56(37)24-64(49)44(72)60(47)18-28-27(17-59(47)43(63)71)31(87-9-13-91(75,76)77)5-6-32(28)88-10-14-92(78,79)80;;/h5-8,35-38H,9-26H2,1-4H3,(H,75,76,77)(H,78,79,80)(H,81,82,83)(H,84,85,86);;/q;2*+2/p-4. The molecule has 508 valence electrons. The van der Waals surface area contributed by atoms with Crippen LogP contribution in [0, 0.1) is 0 Å². The second kappa shape index (κ2) is 22.2. The van der Waals surface area contributed by atoms with Crippen LogP contribution in [0.3, 0.4) is 0 Å². The molecule has 0 radical (unpaired) electrons. The van der Waals surface area contributed by atoms with E-state index in [0.29, 0.717) is 0 Å². The largest absolute Gasteiger partial charge is 2.00 e. The Hall–Kier alpha value is -6.04. The molecule has 13 heterocycles. The van der Waals surface area contributed by atoms with Crippen molar-refractivity contribution in [2.75, 3.05) is 89.5 Å². The van der Waals surface area contributed by atoms with Crippen LogP contribution in [0.2, 0.25) is 0 Å². The van der Waals surface area contributed by atoms with Gasteiger partial charge in [-0.1, -0.05) is 0 Å². The quantitative estimate of drug-likeness (QED) is 0.115. The number of amides is 16. The van der Waals surface area contributed by atoms with Gasteiger partial charge < -0.3 is 37.2 Å². The van der Waals surface area contributed by atoms with Gasteiger partial charge in [-0.25, -0.2) is 72.0 Å². The second-order valence-corrected chi connectivity index (χ2v) is 31.2. The predicted octanol–water partition coefficient (Wildman–Crippen LogP) is -3.80. The molecule has 2 aromatic rings. The van der Waals surface area contributed by atoms with Crippen molar-refractivity contribution in [1.29, 1.82) is 0 Å². The monoisotopic (exact) mass is 1470 g/mol. The topological polar surface area (TPSA) is 454 Å². The maximum absolute atomic E-state index is 15.5. The summed E-state index contributed by atoms with van der Waals surface area (Å²) in [6, 6.07) is -1.01. The molecule has 0 bridgehead atoms. The van der Waals surface area contributed by atoms with Crippen molar-refractivity contribution in [2.24, 2.45) is 0 Å². The van der Waals surface area contributed by atoms with E-state index in [1.807, 2.05) is 0 Å². The third-order valence-corrected chi connectivity index (χ3v) is 23.7. The van der Waals surface area contributed by atoms with Gasteiger partial charge in [-0.3, -0.25) is 78.4 Å². The molecule has 0 aromatic heterocycles. The van der Waals surface area contributed by atoms with E-state index in [0.717, 1.165) is 0 Å². The van der Waals surface area contributed by atoms with Crippen LogP contribution in [0.4, 0.5) is 38.4 Å². The summed E-state index contributed by atoms with van der Waals surface area (Å²) in [6.45, 7) is -1.67. The van der Waals surface area contributed by atoms with Crippen molar-refractivity contribution >= 4 is 164 Å². The van der Waals surface area contributed by atoms with Gasteiger partial charge in [-0.2, -0.15) is 0 Å². The van der Waals surface area contributed by atoms with E-state index in [1.54, 1.807) is 27.7 Å². The Morgan fingerprint density at radius 3 is 0.688 bits per heavy atom. The first-order valence-corrected chi connectivity index (χ1v) is 35.5. The van der Waals surface area contributed by atoms with Crippen LogP contribution >= 0.6 is 0 Å². The average molecular weight is 1470 g/mol. The molecule has 11 saturated heterocycles. The molecule has 0 atom stereocenters. The Labute approximate surface area is 606 Å². The number of ether oxygens (including phenoxy) is 4. The van der Waals surface area contributed by atoms with Crippen molar-refractivity contribution < 1.29 is 109 Å². The third-order valence-electron chi connectivity index (χ3n) is 21.0. The minimum atomic E-state index is -4.80. The van der Waals surface area contributed by atoms with E-state index in [4.69, 9.17) is 18.9 Å². The van der Waals surface area contributed by atoms with E-state index in [9.17, 15) is 51.9 Å². The van der Waals surface area contributed by atoms with E-state index in [2.05, 4.69) is 0 Å². The predicted molar refractivity (Wildman–Crippen MR) is 310 cm³/mol. The molecular formula is C50H56Ca2N16O24S4. The minimum absolute atomic E-state index is 0. The molecule has 16 amide bonds. The van der Waals surface area contributed by atoms with Gasteiger partial charge in [0.25, 0.3) is 0 Å². The molecule has 15 rings (SSSR count). The fourth-order valence-electron chi connectivity index (χ4n) is 16.2. The van der Waals surface area contributed by atoms with Gasteiger partial charge in [0.05, 0.1) is 89.7 Å². The van der Waals surface area contributed by atoms with Crippen molar-refractivity contribution in [3.63, 3.8) is 0 Å². The van der Waals surface area contributed by atoms with Crippen LogP contribution < -0.4 is 18.9 Å². The Kier molecular flexibility index (Phi) is 15.9. The number of carbonyl (C=O) groups is 8. The molecular weight excluding hydrogens is 1420 g/mol. The van der Waals surface area contributed by atoms with Crippen molar-refractivity contribution in [3.8, 4) is 23.0 Å². The summed E-state index contributed by atoms with van der Waals surface area (Å²) in [5, 5.41) is 0. The smallest absolute Gasteiger partial charge is 0.748 e. The van der Waals surface area contributed by atoms with Crippen molar-refractivity contribution in [1.82, 2.24) is 78.4 Å². The van der Waals surface area contributed by atoms with Crippen LogP contribution in [-0.4, -0.2) is 391 Å². The molecule has 46 heteroatoms. The van der Waals surface area contributed by atoms with Gasteiger partial charge in [-0.05, 0) is 52.0 Å². The van der Waals surface area contributed by atoms with Gasteiger partial charge in [-0.15, -0.1) is 0 Å². The number of benzene rings is 2. The number of hydrogen-bond acceptors (Lipinski definition) is 24. The van der Waals surface area contributed by atoms with Crippen LogP contribution in [0.15, 0.2) is 24.3 Å². The number of urea groups is 8. The zero-order valence-corrected chi connectivity index (χ0v) is 59.0. The van der Waals surface area contributed by atoms with Gasteiger partial charge in [0.1, 0.15) is 89.4 Å². The summed E-state index contributed by atoms with van der Waals surface area (Å²) < 4.78 is 163. The van der Waals surface area contributed by atoms with Crippen molar-refractivity contribution in [3.05, 3.63) is 46.5 Å². The summed E-state index contributed by atoms with van der Waals surface area (Å²) in [6.07, 6.45) is -5.34. The fourth-order valence-corrected chi connectivity index (χ4v) is 17.3.